The molecule has 2 N–H and O–H groups in total. The first-order valence-electron chi connectivity index (χ1n) is 7.25. The molecule has 2 saturated heterocycles. The molecule has 0 amide bonds. The van der Waals surface area contributed by atoms with E-state index in [1.165, 1.54) is 38.4 Å². The molecule has 2 aliphatic heterocycles. The number of benzene rings is 1. The number of nitrogens with two attached hydrogens (primary N) is 1. The molecule has 1 atom stereocenters. The number of anilines is 1. The Kier molecular flexibility index (Phi) is 3.71. The van der Waals surface area contributed by atoms with Crippen LogP contribution in [0.2, 0.25) is 0 Å². The first-order chi connectivity index (χ1) is 9.26. The standard InChI is InChI=1S/C15H22FN3/c16-13-7-12(10-17)8-15(9-13)19-6-3-14(11-19)18-4-1-2-5-18/h7-9,14H,1-6,10-11,17H2. The van der Waals surface area contributed by atoms with Crippen molar-refractivity contribution in [3.8, 4) is 0 Å². The van der Waals surface area contributed by atoms with Crippen molar-refractivity contribution >= 4 is 5.69 Å². The average molecular weight is 263 g/mol. The van der Waals surface area contributed by atoms with Gasteiger partial charge in [0, 0.05) is 31.4 Å². The number of halogens is 1. The first kappa shape index (κ1) is 12.9. The van der Waals surface area contributed by atoms with Crippen LogP contribution in [0.3, 0.4) is 0 Å². The minimum absolute atomic E-state index is 0.178. The smallest absolute Gasteiger partial charge is 0.125 e. The molecule has 0 radical (unpaired) electrons. The van der Waals surface area contributed by atoms with Crippen LogP contribution in [0.4, 0.5) is 10.1 Å². The maximum Gasteiger partial charge on any atom is 0.125 e. The van der Waals surface area contributed by atoms with Crippen molar-refractivity contribution in [2.45, 2.75) is 31.8 Å². The predicted molar refractivity (Wildman–Crippen MR) is 75.7 cm³/mol. The Labute approximate surface area is 114 Å². The van der Waals surface area contributed by atoms with Crippen molar-refractivity contribution in [3.05, 3.63) is 29.6 Å². The van der Waals surface area contributed by atoms with Crippen LogP contribution in [0.15, 0.2) is 18.2 Å². The first-order valence-corrected chi connectivity index (χ1v) is 7.25. The second-order valence-electron chi connectivity index (χ2n) is 5.65. The van der Waals surface area contributed by atoms with Crippen LogP contribution in [0.5, 0.6) is 0 Å². The van der Waals surface area contributed by atoms with Crippen LogP contribution in [-0.2, 0) is 6.54 Å². The lowest BCUT2D eigenvalue weighted by molar-refractivity contribution is 0.260. The largest absolute Gasteiger partial charge is 0.370 e. The molecule has 0 aliphatic carbocycles. The summed E-state index contributed by atoms with van der Waals surface area (Å²) in [5.74, 6) is -0.178. The molecule has 2 aliphatic rings. The van der Waals surface area contributed by atoms with Crippen LogP contribution < -0.4 is 10.6 Å². The summed E-state index contributed by atoms with van der Waals surface area (Å²) in [4.78, 5) is 4.88. The summed E-state index contributed by atoms with van der Waals surface area (Å²) in [6.07, 6.45) is 3.84. The van der Waals surface area contributed by atoms with E-state index in [4.69, 9.17) is 5.73 Å². The summed E-state index contributed by atoms with van der Waals surface area (Å²) in [7, 11) is 0. The van der Waals surface area contributed by atoms with Gasteiger partial charge in [0.2, 0.25) is 0 Å². The van der Waals surface area contributed by atoms with E-state index < -0.39 is 0 Å². The summed E-state index contributed by atoms with van der Waals surface area (Å²) in [6, 6.07) is 5.82. The summed E-state index contributed by atoms with van der Waals surface area (Å²) in [6.45, 7) is 4.90. The fourth-order valence-corrected chi connectivity index (χ4v) is 3.31. The van der Waals surface area contributed by atoms with Crippen molar-refractivity contribution < 1.29 is 4.39 Å². The van der Waals surface area contributed by atoms with Gasteiger partial charge in [-0.2, -0.15) is 0 Å². The topological polar surface area (TPSA) is 32.5 Å². The third-order valence-electron chi connectivity index (χ3n) is 4.36. The maximum atomic E-state index is 13.6. The van der Waals surface area contributed by atoms with Gasteiger partial charge in [0.05, 0.1) is 0 Å². The number of hydrogen-bond donors (Lipinski definition) is 1. The van der Waals surface area contributed by atoms with Gasteiger partial charge in [-0.25, -0.2) is 4.39 Å². The van der Waals surface area contributed by atoms with Gasteiger partial charge in [-0.15, -0.1) is 0 Å². The van der Waals surface area contributed by atoms with Gasteiger partial charge >= 0.3 is 0 Å². The van der Waals surface area contributed by atoms with Crippen molar-refractivity contribution in [1.29, 1.82) is 0 Å². The van der Waals surface area contributed by atoms with Gasteiger partial charge in [0.15, 0.2) is 0 Å². The molecule has 0 spiro atoms. The molecule has 1 aromatic rings. The number of likely N-dealkylation sites (tertiary alicyclic amines) is 1. The third-order valence-corrected chi connectivity index (χ3v) is 4.36. The highest BCUT2D eigenvalue weighted by Gasteiger charge is 2.29. The molecule has 2 fully saturated rings. The maximum absolute atomic E-state index is 13.6. The van der Waals surface area contributed by atoms with E-state index in [1.807, 2.05) is 6.07 Å². The van der Waals surface area contributed by atoms with Gasteiger partial charge in [-0.3, -0.25) is 4.90 Å². The van der Waals surface area contributed by atoms with Gasteiger partial charge in [-0.1, -0.05) is 0 Å². The zero-order valence-corrected chi connectivity index (χ0v) is 11.3. The molecule has 3 rings (SSSR count). The number of nitrogens with zero attached hydrogens (tertiary/aromatic N) is 2. The Morgan fingerprint density at radius 1 is 1.16 bits per heavy atom. The molecular formula is C15H22FN3. The van der Waals surface area contributed by atoms with E-state index in [-0.39, 0.29) is 5.82 Å². The minimum Gasteiger partial charge on any atom is -0.370 e. The minimum atomic E-state index is -0.178. The fourth-order valence-electron chi connectivity index (χ4n) is 3.31. The van der Waals surface area contributed by atoms with Crippen molar-refractivity contribution in [3.63, 3.8) is 0 Å². The summed E-state index contributed by atoms with van der Waals surface area (Å²) in [5.41, 5.74) is 7.48. The molecule has 19 heavy (non-hydrogen) atoms. The van der Waals surface area contributed by atoms with Crippen LogP contribution in [0.1, 0.15) is 24.8 Å². The highest BCUT2D eigenvalue weighted by Crippen LogP contribution is 2.26. The van der Waals surface area contributed by atoms with Gasteiger partial charge in [-0.05, 0) is 56.1 Å². The van der Waals surface area contributed by atoms with Crippen LogP contribution >= 0.6 is 0 Å². The molecule has 4 heteroatoms. The van der Waals surface area contributed by atoms with Crippen LogP contribution in [0.25, 0.3) is 0 Å². The van der Waals surface area contributed by atoms with Crippen molar-refractivity contribution in [1.82, 2.24) is 4.90 Å². The Balaban J connectivity index is 1.71. The average Bonchev–Trinajstić information content (AvgIpc) is 3.08. The Morgan fingerprint density at radius 3 is 2.68 bits per heavy atom. The summed E-state index contributed by atoms with van der Waals surface area (Å²) in [5, 5.41) is 0. The van der Waals surface area contributed by atoms with Gasteiger partial charge < -0.3 is 10.6 Å². The summed E-state index contributed by atoms with van der Waals surface area (Å²) < 4.78 is 13.6. The van der Waals surface area contributed by atoms with E-state index >= 15 is 0 Å². The molecule has 2 heterocycles. The van der Waals surface area contributed by atoms with Crippen LogP contribution in [0, 0.1) is 5.82 Å². The normalized spacial score (nSPS) is 24.3. The third kappa shape index (κ3) is 2.74. The highest BCUT2D eigenvalue weighted by atomic mass is 19.1. The lowest BCUT2D eigenvalue weighted by Crippen LogP contribution is -2.35. The van der Waals surface area contributed by atoms with E-state index in [0.717, 1.165) is 24.3 Å². The molecule has 0 bridgehead atoms. The fraction of sp³-hybridized carbons (Fsp3) is 0.600. The Morgan fingerprint density at radius 2 is 1.95 bits per heavy atom. The van der Waals surface area contributed by atoms with E-state index in [2.05, 4.69) is 9.80 Å². The van der Waals surface area contributed by atoms with Gasteiger partial charge in [0.1, 0.15) is 5.82 Å². The second kappa shape index (κ2) is 5.47. The highest BCUT2D eigenvalue weighted by molar-refractivity contribution is 5.50. The Hall–Kier alpha value is -1.13. The van der Waals surface area contributed by atoms with E-state index in [1.54, 1.807) is 6.07 Å². The Bertz CT molecular complexity index is 443. The molecule has 0 saturated carbocycles. The summed E-state index contributed by atoms with van der Waals surface area (Å²) >= 11 is 0. The number of rotatable bonds is 3. The lowest BCUT2D eigenvalue weighted by atomic mass is 10.2. The van der Waals surface area contributed by atoms with E-state index in [9.17, 15) is 4.39 Å². The zero-order valence-electron chi connectivity index (χ0n) is 11.3. The monoisotopic (exact) mass is 263 g/mol. The number of hydrogen-bond acceptors (Lipinski definition) is 3. The van der Waals surface area contributed by atoms with Gasteiger partial charge in [0.25, 0.3) is 0 Å². The molecule has 1 aromatic carbocycles. The molecule has 0 aromatic heterocycles. The van der Waals surface area contributed by atoms with Crippen LogP contribution in [-0.4, -0.2) is 37.1 Å². The lowest BCUT2D eigenvalue weighted by Gasteiger charge is -2.24. The molecule has 3 nitrogen and oxygen atoms in total. The molecule has 104 valence electrons. The zero-order chi connectivity index (χ0) is 13.2. The SMILES string of the molecule is NCc1cc(F)cc(N2CCC(N3CCCC3)C2)c1. The molecule has 1 unspecified atom stereocenters. The quantitative estimate of drug-likeness (QED) is 0.905. The molecular weight excluding hydrogens is 241 g/mol. The van der Waals surface area contributed by atoms with Crippen molar-refractivity contribution in [2.24, 2.45) is 5.73 Å². The van der Waals surface area contributed by atoms with Crippen molar-refractivity contribution in [2.75, 3.05) is 31.1 Å². The predicted octanol–water partition coefficient (Wildman–Crippen LogP) is 1.96. The van der Waals surface area contributed by atoms with E-state index in [0.29, 0.717) is 12.6 Å². The second-order valence-corrected chi connectivity index (χ2v) is 5.65.